The average Bonchev–Trinajstić information content (AvgIpc) is 3.18. The maximum atomic E-state index is 12.4. The van der Waals surface area contributed by atoms with Gasteiger partial charge in [-0.3, -0.25) is 4.79 Å². The van der Waals surface area contributed by atoms with Crippen molar-refractivity contribution in [2.45, 2.75) is 250 Å². The van der Waals surface area contributed by atoms with Gasteiger partial charge in [-0.2, -0.15) is 0 Å². The molecule has 0 spiro atoms. The number of rotatable bonds is 42. The van der Waals surface area contributed by atoms with Gasteiger partial charge in [-0.1, -0.05) is 191 Å². The molecule has 5 nitrogen and oxygen atoms in total. The van der Waals surface area contributed by atoms with Crippen LogP contribution in [0.2, 0.25) is 0 Å². The molecule has 1 amide bonds. The van der Waals surface area contributed by atoms with E-state index in [0.29, 0.717) is 12.8 Å². The predicted molar refractivity (Wildman–Crippen MR) is 236 cm³/mol. The van der Waals surface area contributed by atoms with E-state index < -0.39 is 18.2 Å². The topological polar surface area (TPSA) is 89.8 Å². The van der Waals surface area contributed by atoms with Gasteiger partial charge < -0.3 is 20.6 Å². The lowest BCUT2D eigenvalue weighted by Gasteiger charge is -2.26. The lowest BCUT2D eigenvalue weighted by atomic mass is 10.0. The Bertz CT molecular complexity index is 881. The first kappa shape index (κ1) is 52.3. The third-order valence-corrected chi connectivity index (χ3v) is 10.6. The number of unbranched alkanes of at least 4 members (excludes halogenated alkanes) is 26. The lowest BCUT2D eigenvalue weighted by Crippen LogP contribution is -2.50. The predicted octanol–water partition coefficient (Wildman–Crippen LogP) is 13.7. The molecule has 54 heavy (non-hydrogen) atoms. The monoisotopic (exact) mass is 758 g/mol. The summed E-state index contributed by atoms with van der Waals surface area (Å²) in [5, 5.41) is 33.6. The molecule has 0 aromatic heterocycles. The molecule has 0 radical (unpaired) electrons. The zero-order valence-electron chi connectivity index (χ0n) is 35.8. The maximum Gasteiger partial charge on any atom is 0.220 e. The number of carbonyl (C=O) groups excluding carboxylic acids is 1. The van der Waals surface area contributed by atoms with Crippen LogP contribution < -0.4 is 5.32 Å². The van der Waals surface area contributed by atoms with Crippen LogP contribution in [0.4, 0.5) is 0 Å². The molecule has 0 aliphatic rings. The SMILES string of the molecule is CCCCC/C=C\C/C=C\CCCCCCCCCC(=O)NC(CO)C(O)C(O)CCC/C=C/CC/C=C/CCCCCCCCCCCCCCCC. The molecule has 316 valence electrons. The van der Waals surface area contributed by atoms with E-state index in [1.54, 1.807) is 0 Å². The number of aliphatic hydroxyl groups excluding tert-OH is 3. The van der Waals surface area contributed by atoms with E-state index in [1.165, 1.54) is 148 Å². The Kier molecular flexibility index (Phi) is 42.7. The van der Waals surface area contributed by atoms with Crippen LogP contribution in [0.3, 0.4) is 0 Å². The summed E-state index contributed by atoms with van der Waals surface area (Å²) in [6.07, 6.45) is 56.6. The highest BCUT2D eigenvalue weighted by atomic mass is 16.3. The molecule has 0 aliphatic carbocycles. The van der Waals surface area contributed by atoms with Crippen molar-refractivity contribution in [3.05, 3.63) is 48.6 Å². The van der Waals surface area contributed by atoms with Crippen molar-refractivity contribution in [1.82, 2.24) is 5.32 Å². The smallest absolute Gasteiger partial charge is 0.220 e. The molecule has 0 aromatic carbocycles. The van der Waals surface area contributed by atoms with E-state index >= 15 is 0 Å². The van der Waals surface area contributed by atoms with Crippen LogP contribution in [-0.2, 0) is 4.79 Å². The number of hydrogen-bond acceptors (Lipinski definition) is 4. The summed E-state index contributed by atoms with van der Waals surface area (Å²) in [6, 6.07) is -0.838. The van der Waals surface area contributed by atoms with Crippen LogP contribution in [0, 0.1) is 0 Å². The van der Waals surface area contributed by atoms with Gasteiger partial charge in [-0.25, -0.2) is 0 Å². The molecule has 0 aromatic rings. The Morgan fingerprint density at radius 1 is 0.463 bits per heavy atom. The number of aliphatic hydroxyl groups is 3. The van der Waals surface area contributed by atoms with Crippen molar-refractivity contribution in [1.29, 1.82) is 0 Å². The molecule has 0 saturated carbocycles. The van der Waals surface area contributed by atoms with E-state index in [2.05, 4.69) is 67.8 Å². The van der Waals surface area contributed by atoms with Gasteiger partial charge in [0, 0.05) is 6.42 Å². The van der Waals surface area contributed by atoms with Gasteiger partial charge in [-0.05, 0) is 83.5 Å². The average molecular weight is 758 g/mol. The van der Waals surface area contributed by atoms with Gasteiger partial charge in [0.25, 0.3) is 0 Å². The molecule has 0 fully saturated rings. The van der Waals surface area contributed by atoms with Crippen LogP contribution in [0.1, 0.15) is 232 Å². The molecule has 0 aliphatic heterocycles. The third-order valence-electron chi connectivity index (χ3n) is 10.6. The Labute approximate surface area is 336 Å². The first-order valence-corrected chi connectivity index (χ1v) is 23.4. The largest absolute Gasteiger partial charge is 0.394 e. The zero-order chi connectivity index (χ0) is 39.4. The number of nitrogens with one attached hydrogen (secondary N) is 1. The normalized spacial score (nSPS) is 13.9. The van der Waals surface area contributed by atoms with Crippen LogP contribution in [0.5, 0.6) is 0 Å². The fourth-order valence-corrected chi connectivity index (χ4v) is 6.97. The van der Waals surface area contributed by atoms with E-state index in [-0.39, 0.29) is 12.5 Å². The van der Waals surface area contributed by atoms with E-state index in [4.69, 9.17) is 0 Å². The molecule has 3 atom stereocenters. The first-order chi connectivity index (χ1) is 26.6. The van der Waals surface area contributed by atoms with Crippen molar-refractivity contribution < 1.29 is 20.1 Å². The van der Waals surface area contributed by atoms with Crippen molar-refractivity contribution in [3.8, 4) is 0 Å². The Balaban J connectivity index is 3.69. The Morgan fingerprint density at radius 2 is 0.815 bits per heavy atom. The minimum atomic E-state index is -1.17. The summed E-state index contributed by atoms with van der Waals surface area (Å²) in [5.74, 6) is -0.167. The van der Waals surface area contributed by atoms with Gasteiger partial charge in [0.05, 0.1) is 18.8 Å². The number of amides is 1. The highest BCUT2D eigenvalue weighted by molar-refractivity contribution is 5.76. The third kappa shape index (κ3) is 38.6. The van der Waals surface area contributed by atoms with Crippen LogP contribution in [0.15, 0.2) is 48.6 Å². The van der Waals surface area contributed by atoms with Gasteiger partial charge >= 0.3 is 0 Å². The second-order valence-electron chi connectivity index (χ2n) is 15.9. The minimum absolute atomic E-state index is 0.167. The zero-order valence-corrected chi connectivity index (χ0v) is 35.8. The van der Waals surface area contributed by atoms with Gasteiger partial charge in [0.15, 0.2) is 0 Å². The number of allylic oxidation sites excluding steroid dienone is 8. The number of carbonyl (C=O) groups is 1. The van der Waals surface area contributed by atoms with Crippen molar-refractivity contribution in [2.75, 3.05) is 6.61 Å². The van der Waals surface area contributed by atoms with E-state index in [0.717, 1.165) is 57.8 Å². The van der Waals surface area contributed by atoms with E-state index in [9.17, 15) is 20.1 Å². The molecule has 0 bridgehead atoms. The molecule has 0 rings (SSSR count). The fourth-order valence-electron chi connectivity index (χ4n) is 6.97. The molecule has 0 saturated heterocycles. The highest BCUT2D eigenvalue weighted by Crippen LogP contribution is 2.15. The van der Waals surface area contributed by atoms with Crippen LogP contribution >= 0.6 is 0 Å². The molecule has 3 unspecified atom stereocenters. The van der Waals surface area contributed by atoms with Gasteiger partial charge in [0.2, 0.25) is 5.91 Å². The lowest BCUT2D eigenvalue weighted by molar-refractivity contribution is -0.124. The van der Waals surface area contributed by atoms with Crippen molar-refractivity contribution in [2.24, 2.45) is 0 Å². The molecule has 5 heteroatoms. The van der Waals surface area contributed by atoms with E-state index in [1.807, 2.05) is 0 Å². The van der Waals surface area contributed by atoms with Crippen molar-refractivity contribution in [3.63, 3.8) is 0 Å². The summed E-state index contributed by atoms with van der Waals surface area (Å²) in [5.41, 5.74) is 0. The Morgan fingerprint density at radius 3 is 1.28 bits per heavy atom. The van der Waals surface area contributed by atoms with Gasteiger partial charge in [0.1, 0.15) is 6.10 Å². The molecule has 0 heterocycles. The Hall–Kier alpha value is -1.69. The first-order valence-electron chi connectivity index (χ1n) is 23.4. The summed E-state index contributed by atoms with van der Waals surface area (Å²) in [6.45, 7) is 4.14. The fraction of sp³-hybridized carbons (Fsp3) is 0.816. The minimum Gasteiger partial charge on any atom is -0.394 e. The van der Waals surface area contributed by atoms with Crippen LogP contribution in [0.25, 0.3) is 0 Å². The molecular weight excluding hydrogens is 667 g/mol. The standard InChI is InChI=1S/C49H91NO4/c1-3-5-7-9-11-13-15-17-19-21-22-23-24-25-26-28-29-31-33-35-37-39-41-43-47(52)49(54)46(45-51)50-48(53)44-42-40-38-36-34-32-30-27-20-18-16-14-12-10-8-6-4-2/h12,14,18,20,28-29,35,37,46-47,49,51-52,54H,3-11,13,15-17,19,21-27,30-34,36,38-45H2,1-2H3,(H,50,53)/b14-12-,20-18-,29-28+,37-35+. The summed E-state index contributed by atoms with van der Waals surface area (Å²) >= 11 is 0. The summed E-state index contributed by atoms with van der Waals surface area (Å²) < 4.78 is 0. The van der Waals surface area contributed by atoms with Crippen molar-refractivity contribution >= 4 is 5.91 Å². The summed E-state index contributed by atoms with van der Waals surface area (Å²) in [7, 11) is 0. The maximum absolute atomic E-state index is 12.4. The van der Waals surface area contributed by atoms with Gasteiger partial charge in [-0.15, -0.1) is 0 Å². The second kappa shape index (κ2) is 44.0. The summed E-state index contributed by atoms with van der Waals surface area (Å²) in [4.78, 5) is 12.4. The molecular formula is C49H91NO4. The molecule has 4 N–H and O–H groups in total. The second-order valence-corrected chi connectivity index (χ2v) is 15.9. The number of hydrogen-bond donors (Lipinski definition) is 4. The quantitative estimate of drug-likeness (QED) is 0.0369. The highest BCUT2D eigenvalue weighted by Gasteiger charge is 2.26. The van der Waals surface area contributed by atoms with Crippen LogP contribution in [-0.4, -0.2) is 46.1 Å².